The van der Waals surface area contributed by atoms with Gasteiger partial charge in [0.2, 0.25) is 0 Å². The highest BCUT2D eigenvalue weighted by molar-refractivity contribution is 7.90. The maximum Gasteiger partial charge on any atom is 0.269 e. The van der Waals surface area contributed by atoms with E-state index in [1.165, 1.54) is 3.97 Å². The second-order valence-electron chi connectivity index (χ2n) is 5.91. The zero-order valence-corrected chi connectivity index (χ0v) is 15.5. The molecule has 5 nitrogen and oxygen atoms in total. The molecule has 0 saturated carbocycles. The smallest absolute Gasteiger partial charge is 0.269 e. The molecule has 6 heteroatoms. The third-order valence-corrected chi connectivity index (χ3v) is 5.77. The molecule has 0 saturated heterocycles. The number of hydrogen-bond acceptors (Lipinski definition) is 4. The molecule has 2 aromatic carbocycles. The predicted molar refractivity (Wildman–Crippen MR) is 98.7 cm³/mol. The Hall–Kier alpha value is -2.34. The monoisotopic (exact) mass is 358 g/mol. The topological polar surface area (TPSA) is 61.2 Å². The Bertz CT molecular complexity index is 1010. The molecule has 1 aromatic heterocycles. The van der Waals surface area contributed by atoms with Crippen LogP contribution < -0.4 is 4.74 Å². The lowest BCUT2D eigenvalue weighted by Gasteiger charge is -2.14. The fourth-order valence-corrected chi connectivity index (χ4v) is 4.53. The minimum absolute atomic E-state index is 0.263. The third-order valence-electron chi connectivity index (χ3n) is 4.02. The summed E-state index contributed by atoms with van der Waals surface area (Å²) < 4.78 is 33.6. The average Bonchev–Trinajstić information content (AvgIpc) is 3.01. The highest BCUT2D eigenvalue weighted by Crippen LogP contribution is 2.32. The summed E-state index contributed by atoms with van der Waals surface area (Å²) >= 11 is 0. The summed E-state index contributed by atoms with van der Waals surface area (Å²) in [5.41, 5.74) is 0.688. The second-order valence-corrected chi connectivity index (χ2v) is 7.69. The maximum atomic E-state index is 13.2. The Morgan fingerprint density at radius 2 is 1.80 bits per heavy atom. The zero-order chi connectivity index (χ0) is 18.0. The molecule has 0 aliphatic carbocycles. The Morgan fingerprint density at radius 3 is 2.48 bits per heavy atom. The van der Waals surface area contributed by atoms with Crippen LogP contribution in [0.1, 0.15) is 31.8 Å². The molecule has 0 bridgehead atoms. The summed E-state index contributed by atoms with van der Waals surface area (Å²) in [4.78, 5) is 4.58. The molecular formula is C19H22N2O3S. The SMILES string of the molecule is CCCOc1ccc(S(=O)(=O)n2cc(C)nc2CC)c2ccccc12. The van der Waals surface area contributed by atoms with Crippen LogP contribution in [0.5, 0.6) is 5.75 Å². The Labute approximate surface area is 148 Å². The third kappa shape index (κ3) is 3.14. The van der Waals surface area contributed by atoms with Gasteiger partial charge in [0.1, 0.15) is 11.6 Å². The van der Waals surface area contributed by atoms with Crippen molar-refractivity contribution in [3.8, 4) is 5.75 Å². The van der Waals surface area contributed by atoms with Gasteiger partial charge >= 0.3 is 0 Å². The summed E-state index contributed by atoms with van der Waals surface area (Å²) in [5, 5.41) is 1.46. The van der Waals surface area contributed by atoms with Crippen LogP contribution >= 0.6 is 0 Å². The van der Waals surface area contributed by atoms with Gasteiger partial charge < -0.3 is 4.74 Å². The molecule has 3 rings (SSSR count). The van der Waals surface area contributed by atoms with Gasteiger partial charge in [-0.1, -0.05) is 38.1 Å². The lowest BCUT2D eigenvalue weighted by atomic mass is 10.1. The van der Waals surface area contributed by atoms with Gasteiger partial charge in [0.05, 0.1) is 17.2 Å². The van der Waals surface area contributed by atoms with Crippen LogP contribution in [-0.4, -0.2) is 24.0 Å². The summed E-state index contributed by atoms with van der Waals surface area (Å²) in [7, 11) is -3.73. The van der Waals surface area contributed by atoms with Gasteiger partial charge in [-0.2, -0.15) is 0 Å². The highest BCUT2D eigenvalue weighted by atomic mass is 32.2. The minimum Gasteiger partial charge on any atom is -0.493 e. The van der Waals surface area contributed by atoms with Crippen molar-refractivity contribution in [2.24, 2.45) is 0 Å². The summed E-state index contributed by atoms with van der Waals surface area (Å²) in [5.74, 6) is 1.24. The molecule has 25 heavy (non-hydrogen) atoms. The first-order chi connectivity index (χ1) is 12.0. The predicted octanol–water partition coefficient (Wildman–Crippen LogP) is 3.93. The average molecular weight is 358 g/mol. The largest absolute Gasteiger partial charge is 0.493 e. The van der Waals surface area contributed by atoms with Crippen LogP contribution in [0.15, 0.2) is 47.5 Å². The van der Waals surface area contributed by atoms with Crippen LogP contribution in [0, 0.1) is 6.92 Å². The van der Waals surface area contributed by atoms with Gasteiger partial charge in [-0.15, -0.1) is 0 Å². The van der Waals surface area contributed by atoms with E-state index in [9.17, 15) is 8.42 Å². The number of ether oxygens (including phenoxy) is 1. The van der Waals surface area contributed by atoms with E-state index < -0.39 is 10.0 Å². The molecule has 0 aliphatic heterocycles. The number of aryl methyl sites for hydroxylation is 2. The van der Waals surface area contributed by atoms with Crippen molar-refractivity contribution in [3.05, 3.63) is 54.1 Å². The first-order valence-corrected chi connectivity index (χ1v) is 9.88. The molecule has 0 amide bonds. The van der Waals surface area contributed by atoms with Crippen molar-refractivity contribution in [3.63, 3.8) is 0 Å². The van der Waals surface area contributed by atoms with Gasteiger partial charge in [0.15, 0.2) is 0 Å². The number of benzene rings is 2. The molecule has 0 radical (unpaired) electrons. The lowest BCUT2D eigenvalue weighted by Crippen LogP contribution is -2.15. The molecule has 0 aliphatic rings. The van der Waals surface area contributed by atoms with Gasteiger partial charge in [-0.05, 0) is 25.5 Å². The van der Waals surface area contributed by atoms with Gasteiger partial charge in [-0.3, -0.25) is 0 Å². The normalized spacial score (nSPS) is 11.8. The Morgan fingerprint density at radius 1 is 1.08 bits per heavy atom. The van der Waals surface area contributed by atoms with Gasteiger partial charge in [-0.25, -0.2) is 17.4 Å². The molecule has 0 spiro atoms. The van der Waals surface area contributed by atoms with Crippen molar-refractivity contribution in [2.45, 2.75) is 38.5 Å². The van der Waals surface area contributed by atoms with E-state index in [2.05, 4.69) is 4.98 Å². The van der Waals surface area contributed by atoms with E-state index in [4.69, 9.17) is 4.74 Å². The Kier molecular flexibility index (Phi) is 4.81. The number of rotatable bonds is 6. The summed E-state index contributed by atoms with van der Waals surface area (Å²) in [6, 6.07) is 10.8. The summed E-state index contributed by atoms with van der Waals surface area (Å²) in [6.07, 6.45) is 3.01. The first-order valence-electron chi connectivity index (χ1n) is 8.44. The van der Waals surface area contributed by atoms with E-state index in [1.807, 2.05) is 38.1 Å². The quantitative estimate of drug-likeness (QED) is 0.670. The molecule has 132 valence electrons. The van der Waals surface area contributed by atoms with E-state index in [0.717, 1.165) is 11.8 Å². The number of fused-ring (bicyclic) bond motifs is 1. The minimum atomic E-state index is -3.73. The Balaban J connectivity index is 2.22. The summed E-state index contributed by atoms with van der Waals surface area (Å²) in [6.45, 7) is 6.32. The van der Waals surface area contributed by atoms with Crippen LogP contribution in [0.25, 0.3) is 10.8 Å². The molecule has 0 unspecified atom stereocenters. The van der Waals surface area contributed by atoms with Gasteiger partial charge in [0, 0.05) is 23.4 Å². The van der Waals surface area contributed by atoms with E-state index >= 15 is 0 Å². The zero-order valence-electron chi connectivity index (χ0n) is 14.7. The molecule has 0 atom stereocenters. The lowest BCUT2D eigenvalue weighted by molar-refractivity contribution is 0.321. The molecule has 0 fully saturated rings. The van der Waals surface area contributed by atoms with Crippen molar-refractivity contribution in [1.29, 1.82) is 0 Å². The fourth-order valence-electron chi connectivity index (χ4n) is 2.88. The molecule has 3 aromatic rings. The standard InChI is InChI=1S/C19H22N2O3S/c1-4-12-24-17-10-11-18(16-9-7-6-8-15(16)17)25(22,23)21-13-14(3)20-19(21)5-2/h6-11,13H,4-5,12H2,1-3H3. The van der Waals surface area contributed by atoms with E-state index in [1.54, 1.807) is 25.3 Å². The van der Waals surface area contributed by atoms with Crippen molar-refractivity contribution in [2.75, 3.05) is 6.61 Å². The fraction of sp³-hybridized carbons (Fsp3) is 0.316. The van der Waals surface area contributed by atoms with Crippen LogP contribution in [0.4, 0.5) is 0 Å². The van der Waals surface area contributed by atoms with Crippen molar-refractivity contribution < 1.29 is 13.2 Å². The maximum absolute atomic E-state index is 13.2. The van der Waals surface area contributed by atoms with Crippen LogP contribution in [0.2, 0.25) is 0 Å². The van der Waals surface area contributed by atoms with E-state index in [0.29, 0.717) is 35.7 Å². The number of hydrogen-bond donors (Lipinski definition) is 0. The van der Waals surface area contributed by atoms with Crippen molar-refractivity contribution in [1.82, 2.24) is 8.96 Å². The number of nitrogens with zero attached hydrogens (tertiary/aromatic N) is 2. The van der Waals surface area contributed by atoms with Crippen LogP contribution in [-0.2, 0) is 16.4 Å². The van der Waals surface area contributed by atoms with Crippen LogP contribution in [0.3, 0.4) is 0 Å². The second kappa shape index (κ2) is 6.88. The highest BCUT2D eigenvalue weighted by Gasteiger charge is 2.23. The van der Waals surface area contributed by atoms with Crippen molar-refractivity contribution >= 4 is 20.8 Å². The van der Waals surface area contributed by atoms with E-state index in [-0.39, 0.29) is 4.90 Å². The molecule has 0 N–H and O–H groups in total. The number of imidazole rings is 1. The number of aromatic nitrogens is 2. The molecule has 1 heterocycles. The van der Waals surface area contributed by atoms with Gasteiger partial charge in [0.25, 0.3) is 10.0 Å². The molecular weight excluding hydrogens is 336 g/mol. The first kappa shape index (κ1) is 17.5.